The predicted molar refractivity (Wildman–Crippen MR) is 65.7 cm³/mol. The maximum absolute atomic E-state index is 4.64. The van der Waals surface area contributed by atoms with Crippen LogP contribution in [0.25, 0.3) is 0 Å². The van der Waals surface area contributed by atoms with Gasteiger partial charge in [0, 0.05) is 17.8 Å². The van der Waals surface area contributed by atoms with Gasteiger partial charge in [0.25, 0.3) is 0 Å². The summed E-state index contributed by atoms with van der Waals surface area (Å²) < 4.78 is 2.35. The summed E-state index contributed by atoms with van der Waals surface area (Å²) in [6.45, 7) is 4.37. The third kappa shape index (κ3) is 1.62. The van der Waals surface area contributed by atoms with E-state index in [0.29, 0.717) is 5.54 Å². The highest BCUT2D eigenvalue weighted by Gasteiger charge is 2.37. The molecule has 3 nitrogen and oxygen atoms in total. The quantitative estimate of drug-likeness (QED) is 0.842. The van der Waals surface area contributed by atoms with E-state index < -0.39 is 0 Å². The molecule has 2 aliphatic carbocycles. The van der Waals surface area contributed by atoms with Crippen LogP contribution < -0.4 is 5.32 Å². The Labute approximate surface area is 97.3 Å². The maximum Gasteiger partial charge on any atom is 0.203 e. The fraction of sp³-hybridized carbons (Fsp3) is 0.769. The van der Waals surface area contributed by atoms with Crippen molar-refractivity contribution in [3.63, 3.8) is 0 Å². The standard InChI is InChI=1S/C13H21N3/c1-3-13(7-4-8-13)15-12-14-10(2)9-16(12)11-5-6-11/h9,11H,3-8H2,1-2H3,(H,14,15). The van der Waals surface area contributed by atoms with Crippen molar-refractivity contribution < 1.29 is 0 Å². The van der Waals surface area contributed by atoms with Crippen molar-refractivity contribution in [3.05, 3.63) is 11.9 Å². The number of hydrogen-bond donors (Lipinski definition) is 1. The zero-order chi connectivity index (χ0) is 11.2. The van der Waals surface area contributed by atoms with Crippen LogP contribution in [0.4, 0.5) is 5.95 Å². The highest BCUT2D eigenvalue weighted by molar-refractivity contribution is 5.35. The first-order valence-electron chi connectivity index (χ1n) is 6.56. The lowest BCUT2D eigenvalue weighted by molar-refractivity contribution is 0.267. The van der Waals surface area contributed by atoms with Crippen LogP contribution in [0.5, 0.6) is 0 Å². The molecule has 0 unspecified atom stereocenters. The Bertz CT molecular complexity index is 380. The van der Waals surface area contributed by atoms with Crippen LogP contribution in [0.3, 0.4) is 0 Å². The number of imidazole rings is 1. The van der Waals surface area contributed by atoms with Gasteiger partial charge >= 0.3 is 0 Å². The summed E-state index contributed by atoms with van der Waals surface area (Å²) in [4.78, 5) is 4.64. The fourth-order valence-corrected chi connectivity index (χ4v) is 2.65. The highest BCUT2D eigenvalue weighted by Crippen LogP contribution is 2.41. The molecule has 2 fully saturated rings. The van der Waals surface area contributed by atoms with Crippen LogP contribution in [0, 0.1) is 6.92 Å². The Morgan fingerprint density at radius 3 is 2.75 bits per heavy atom. The molecule has 1 heterocycles. The van der Waals surface area contributed by atoms with Gasteiger partial charge in [-0.15, -0.1) is 0 Å². The van der Waals surface area contributed by atoms with E-state index in [-0.39, 0.29) is 0 Å². The molecule has 88 valence electrons. The summed E-state index contributed by atoms with van der Waals surface area (Å²) in [5, 5.41) is 3.70. The van der Waals surface area contributed by atoms with Gasteiger partial charge < -0.3 is 9.88 Å². The Morgan fingerprint density at radius 2 is 2.25 bits per heavy atom. The maximum atomic E-state index is 4.64. The molecule has 16 heavy (non-hydrogen) atoms. The largest absolute Gasteiger partial charge is 0.350 e. The normalized spacial score (nSPS) is 22.9. The molecule has 0 radical (unpaired) electrons. The van der Waals surface area contributed by atoms with Crippen molar-refractivity contribution in [1.82, 2.24) is 9.55 Å². The number of rotatable bonds is 4. The van der Waals surface area contributed by atoms with Crippen LogP contribution in [-0.4, -0.2) is 15.1 Å². The monoisotopic (exact) mass is 219 g/mol. The van der Waals surface area contributed by atoms with Crippen molar-refractivity contribution in [1.29, 1.82) is 0 Å². The zero-order valence-corrected chi connectivity index (χ0v) is 10.3. The number of nitrogens with one attached hydrogen (secondary N) is 1. The Hall–Kier alpha value is -0.990. The molecular formula is C13H21N3. The van der Waals surface area contributed by atoms with E-state index in [1.54, 1.807) is 0 Å². The summed E-state index contributed by atoms with van der Waals surface area (Å²) in [6.07, 6.45) is 10.0. The minimum absolute atomic E-state index is 0.352. The topological polar surface area (TPSA) is 29.9 Å². The first-order chi connectivity index (χ1) is 7.72. The minimum atomic E-state index is 0.352. The van der Waals surface area contributed by atoms with E-state index in [1.807, 2.05) is 0 Å². The molecule has 0 aliphatic heterocycles. The second kappa shape index (κ2) is 3.51. The van der Waals surface area contributed by atoms with E-state index in [2.05, 4.69) is 34.9 Å². The Morgan fingerprint density at radius 1 is 1.50 bits per heavy atom. The molecule has 2 saturated carbocycles. The van der Waals surface area contributed by atoms with Gasteiger partial charge in [-0.1, -0.05) is 6.92 Å². The van der Waals surface area contributed by atoms with Crippen LogP contribution in [0.1, 0.15) is 57.2 Å². The summed E-state index contributed by atoms with van der Waals surface area (Å²) in [5.41, 5.74) is 1.49. The molecule has 1 aromatic heterocycles. The Kier molecular flexibility index (Phi) is 2.23. The summed E-state index contributed by atoms with van der Waals surface area (Å²) >= 11 is 0. The molecule has 0 bridgehead atoms. The third-order valence-corrected chi connectivity index (χ3v) is 4.16. The number of anilines is 1. The summed E-state index contributed by atoms with van der Waals surface area (Å²) in [5.74, 6) is 1.11. The van der Waals surface area contributed by atoms with Crippen molar-refractivity contribution >= 4 is 5.95 Å². The first kappa shape index (κ1) is 10.2. The lowest BCUT2D eigenvalue weighted by Crippen LogP contribution is -2.45. The van der Waals surface area contributed by atoms with Crippen molar-refractivity contribution in [2.45, 2.75) is 64.0 Å². The van der Waals surface area contributed by atoms with Gasteiger partial charge in [-0.25, -0.2) is 4.98 Å². The fourth-order valence-electron chi connectivity index (χ4n) is 2.65. The summed E-state index contributed by atoms with van der Waals surface area (Å²) in [6, 6.07) is 0.720. The minimum Gasteiger partial charge on any atom is -0.350 e. The van der Waals surface area contributed by atoms with Crippen LogP contribution in [0.2, 0.25) is 0 Å². The van der Waals surface area contributed by atoms with E-state index in [9.17, 15) is 0 Å². The second-order valence-electron chi connectivity index (χ2n) is 5.46. The van der Waals surface area contributed by atoms with Crippen molar-refractivity contribution in [2.24, 2.45) is 0 Å². The molecule has 1 N–H and O–H groups in total. The van der Waals surface area contributed by atoms with Gasteiger partial charge in [0.05, 0.1) is 5.69 Å². The first-order valence-corrected chi connectivity index (χ1v) is 6.56. The van der Waals surface area contributed by atoms with Gasteiger partial charge in [-0.2, -0.15) is 0 Å². The van der Waals surface area contributed by atoms with Gasteiger partial charge in [0.2, 0.25) is 5.95 Å². The molecule has 1 aromatic rings. The highest BCUT2D eigenvalue weighted by atomic mass is 15.3. The van der Waals surface area contributed by atoms with E-state index >= 15 is 0 Å². The van der Waals surface area contributed by atoms with Crippen LogP contribution in [0.15, 0.2) is 6.20 Å². The summed E-state index contributed by atoms with van der Waals surface area (Å²) in [7, 11) is 0. The third-order valence-electron chi connectivity index (χ3n) is 4.16. The molecule has 0 atom stereocenters. The predicted octanol–water partition coefficient (Wildman–Crippen LogP) is 3.27. The number of hydrogen-bond acceptors (Lipinski definition) is 2. The zero-order valence-electron chi connectivity index (χ0n) is 10.3. The number of aryl methyl sites for hydroxylation is 1. The average molecular weight is 219 g/mol. The van der Waals surface area contributed by atoms with E-state index in [0.717, 1.165) is 17.7 Å². The molecule has 0 amide bonds. The SMILES string of the molecule is CCC1(Nc2nc(C)cn2C2CC2)CCC1. The molecule has 3 rings (SSSR count). The van der Waals surface area contributed by atoms with Crippen LogP contribution in [-0.2, 0) is 0 Å². The molecule has 2 aliphatic rings. The molecule has 3 heteroatoms. The Balaban J connectivity index is 1.82. The van der Waals surface area contributed by atoms with Gasteiger partial charge in [0.1, 0.15) is 0 Å². The molecular weight excluding hydrogens is 198 g/mol. The van der Waals surface area contributed by atoms with E-state index in [1.165, 1.54) is 38.5 Å². The average Bonchev–Trinajstić information content (AvgIpc) is 2.98. The molecule has 0 aromatic carbocycles. The van der Waals surface area contributed by atoms with Gasteiger partial charge in [0.15, 0.2) is 0 Å². The lowest BCUT2D eigenvalue weighted by atomic mass is 9.75. The van der Waals surface area contributed by atoms with Crippen molar-refractivity contribution in [2.75, 3.05) is 5.32 Å². The second-order valence-corrected chi connectivity index (χ2v) is 5.46. The smallest absolute Gasteiger partial charge is 0.203 e. The molecule has 0 spiro atoms. The van der Waals surface area contributed by atoms with Gasteiger partial charge in [-0.05, 0) is 45.4 Å². The van der Waals surface area contributed by atoms with Gasteiger partial charge in [-0.3, -0.25) is 0 Å². The molecule has 0 saturated heterocycles. The number of nitrogens with zero attached hydrogens (tertiary/aromatic N) is 2. The van der Waals surface area contributed by atoms with E-state index in [4.69, 9.17) is 0 Å². The lowest BCUT2D eigenvalue weighted by Gasteiger charge is -2.42. The van der Waals surface area contributed by atoms with Crippen molar-refractivity contribution in [3.8, 4) is 0 Å². The number of aromatic nitrogens is 2. The van der Waals surface area contributed by atoms with Crippen LogP contribution >= 0.6 is 0 Å².